The molecule has 2 saturated heterocycles. The van der Waals surface area contributed by atoms with E-state index in [0.717, 1.165) is 0 Å². The van der Waals surface area contributed by atoms with Crippen LogP contribution in [0, 0.1) is 4.64 Å². The molecule has 8 nitrogen and oxygen atoms in total. The van der Waals surface area contributed by atoms with Gasteiger partial charge in [0.05, 0.1) is 19.3 Å². The first-order valence-corrected chi connectivity index (χ1v) is 7.43. The van der Waals surface area contributed by atoms with E-state index < -0.39 is 18.1 Å². The highest BCUT2D eigenvalue weighted by atomic mass is 32.1. The number of aromatic nitrogens is 4. The zero-order valence-electron chi connectivity index (χ0n) is 12.1. The normalized spacial score (nSPS) is 33.4. The van der Waals surface area contributed by atoms with Gasteiger partial charge < -0.3 is 24.3 Å². The number of aromatic amines is 1. The van der Waals surface area contributed by atoms with E-state index in [4.69, 9.17) is 26.4 Å². The Bertz CT molecular complexity index is 773. The van der Waals surface area contributed by atoms with Gasteiger partial charge in [-0.2, -0.15) is 0 Å². The predicted molar refractivity (Wildman–Crippen MR) is 77.5 cm³/mol. The zero-order chi connectivity index (χ0) is 15.5. The third-order valence-electron chi connectivity index (χ3n) is 3.96. The number of fused-ring (bicyclic) bond motifs is 2. The molecule has 2 aliphatic heterocycles. The standard InChI is InChI=1S/C13H16N4O4S/c1-13(2)20-8-6(3-18)19-12(9(8)21-13)17-5-16-7-10(17)14-4-15-11(7)22/h4-6,8-9,12,18H,3H2,1-2H3,(H,14,15,22)/t6-,8+,9+,12-/m1/s1. The summed E-state index contributed by atoms with van der Waals surface area (Å²) in [4.78, 5) is 11.3. The molecular formula is C13H16N4O4S. The van der Waals surface area contributed by atoms with Crippen LogP contribution in [-0.2, 0) is 14.2 Å². The summed E-state index contributed by atoms with van der Waals surface area (Å²) in [5.74, 6) is -0.713. The Kier molecular flexibility index (Phi) is 3.10. The van der Waals surface area contributed by atoms with Crippen LogP contribution in [0.4, 0.5) is 0 Å². The van der Waals surface area contributed by atoms with Crippen molar-refractivity contribution in [1.29, 1.82) is 0 Å². The highest BCUT2D eigenvalue weighted by molar-refractivity contribution is 7.71. The average molecular weight is 324 g/mol. The fourth-order valence-electron chi connectivity index (χ4n) is 3.10. The molecule has 2 aromatic heterocycles. The fourth-order valence-corrected chi connectivity index (χ4v) is 3.30. The highest BCUT2D eigenvalue weighted by Gasteiger charge is 2.55. The maximum absolute atomic E-state index is 9.54. The number of imidazole rings is 1. The first kappa shape index (κ1) is 14.2. The number of rotatable bonds is 2. The number of H-pyrrole nitrogens is 1. The van der Waals surface area contributed by atoms with Crippen LogP contribution < -0.4 is 0 Å². The largest absolute Gasteiger partial charge is 0.394 e. The second-order valence-electron chi connectivity index (χ2n) is 5.87. The number of ether oxygens (including phenoxy) is 3. The second kappa shape index (κ2) is 4.80. The van der Waals surface area contributed by atoms with Crippen molar-refractivity contribution in [2.45, 2.75) is 44.2 Å². The number of aliphatic hydroxyl groups excluding tert-OH is 1. The molecule has 4 atom stereocenters. The van der Waals surface area contributed by atoms with Crippen LogP contribution in [0.2, 0.25) is 0 Å². The number of nitrogens with one attached hydrogen (secondary N) is 1. The van der Waals surface area contributed by atoms with Crippen LogP contribution in [-0.4, -0.2) is 55.3 Å². The quantitative estimate of drug-likeness (QED) is 0.793. The highest BCUT2D eigenvalue weighted by Crippen LogP contribution is 2.43. The average Bonchev–Trinajstić information content (AvgIpc) is 3.10. The smallest absolute Gasteiger partial charge is 0.166 e. The summed E-state index contributed by atoms with van der Waals surface area (Å²) < 4.78 is 20.0. The maximum atomic E-state index is 9.54. The van der Waals surface area contributed by atoms with Crippen LogP contribution >= 0.6 is 12.2 Å². The van der Waals surface area contributed by atoms with Crippen molar-refractivity contribution in [1.82, 2.24) is 19.5 Å². The van der Waals surface area contributed by atoms with E-state index in [0.29, 0.717) is 15.8 Å². The summed E-state index contributed by atoms with van der Waals surface area (Å²) in [6, 6.07) is 0. The lowest BCUT2D eigenvalue weighted by Crippen LogP contribution is -2.31. The number of hydrogen-bond donors (Lipinski definition) is 2. The summed E-state index contributed by atoms with van der Waals surface area (Å²) in [7, 11) is 0. The zero-order valence-corrected chi connectivity index (χ0v) is 12.9. The minimum atomic E-state index is -0.713. The first-order chi connectivity index (χ1) is 10.5. The van der Waals surface area contributed by atoms with Crippen molar-refractivity contribution in [3.05, 3.63) is 17.3 Å². The summed E-state index contributed by atoms with van der Waals surface area (Å²) in [5, 5.41) is 9.54. The van der Waals surface area contributed by atoms with Crippen molar-refractivity contribution >= 4 is 23.4 Å². The number of nitrogens with zero attached hydrogens (tertiary/aromatic N) is 3. The van der Waals surface area contributed by atoms with Crippen LogP contribution in [0.15, 0.2) is 12.7 Å². The van der Waals surface area contributed by atoms with E-state index >= 15 is 0 Å². The number of hydrogen-bond acceptors (Lipinski definition) is 7. The maximum Gasteiger partial charge on any atom is 0.166 e. The first-order valence-electron chi connectivity index (χ1n) is 7.02. The summed E-state index contributed by atoms with van der Waals surface area (Å²) in [6.45, 7) is 3.56. The third kappa shape index (κ3) is 2.01. The van der Waals surface area contributed by atoms with Crippen LogP contribution in [0.3, 0.4) is 0 Å². The van der Waals surface area contributed by atoms with Gasteiger partial charge in [0.25, 0.3) is 0 Å². The molecule has 22 heavy (non-hydrogen) atoms. The van der Waals surface area contributed by atoms with Gasteiger partial charge in [-0.15, -0.1) is 0 Å². The molecule has 4 rings (SSSR count). The molecule has 0 saturated carbocycles. The Morgan fingerprint density at radius 2 is 2.14 bits per heavy atom. The van der Waals surface area contributed by atoms with E-state index in [2.05, 4.69) is 15.0 Å². The molecule has 118 valence electrons. The van der Waals surface area contributed by atoms with Crippen molar-refractivity contribution < 1.29 is 19.3 Å². The van der Waals surface area contributed by atoms with E-state index in [1.54, 1.807) is 6.33 Å². The molecule has 2 fully saturated rings. The van der Waals surface area contributed by atoms with Gasteiger partial charge >= 0.3 is 0 Å². The van der Waals surface area contributed by atoms with Gasteiger partial charge in [-0.05, 0) is 13.8 Å². The molecule has 0 amide bonds. The van der Waals surface area contributed by atoms with Gasteiger partial charge in [-0.3, -0.25) is 4.57 Å². The lowest BCUT2D eigenvalue weighted by atomic mass is 10.1. The monoisotopic (exact) mass is 324 g/mol. The Labute approximate surface area is 131 Å². The molecule has 0 radical (unpaired) electrons. The lowest BCUT2D eigenvalue weighted by molar-refractivity contribution is -0.199. The van der Waals surface area contributed by atoms with E-state index in [9.17, 15) is 5.11 Å². The Morgan fingerprint density at radius 3 is 2.91 bits per heavy atom. The van der Waals surface area contributed by atoms with Crippen molar-refractivity contribution in [2.75, 3.05) is 6.61 Å². The van der Waals surface area contributed by atoms with Gasteiger partial charge in [0.15, 0.2) is 16.7 Å². The molecule has 9 heteroatoms. The fraction of sp³-hybridized carbons (Fsp3) is 0.615. The Balaban J connectivity index is 1.78. The van der Waals surface area contributed by atoms with Crippen LogP contribution in [0.1, 0.15) is 20.1 Å². The molecule has 0 bridgehead atoms. The molecule has 2 aliphatic rings. The molecule has 0 spiro atoms. The molecule has 2 N–H and O–H groups in total. The second-order valence-corrected chi connectivity index (χ2v) is 6.26. The Morgan fingerprint density at radius 1 is 1.36 bits per heavy atom. The topological polar surface area (TPSA) is 94.4 Å². The molecule has 2 aromatic rings. The van der Waals surface area contributed by atoms with Crippen LogP contribution in [0.25, 0.3) is 11.2 Å². The van der Waals surface area contributed by atoms with Gasteiger partial charge in [0, 0.05) is 0 Å². The van der Waals surface area contributed by atoms with E-state index in [1.807, 2.05) is 18.4 Å². The van der Waals surface area contributed by atoms with E-state index in [-0.39, 0.29) is 18.8 Å². The lowest BCUT2D eigenvalue weighted by Gasteiger charge is -2.24. The van der Waals surface area contributed by atoms with Gasteiger partial charge in [0.2, 0.25) is 0 Å². The minimum absolute atomic E-state index is 0.138. The summed E-state index contributed by atoms with van der Waals surface area (Å²) >= 11 is 5.17. The van der Waals surface area contributed by atoms with E-state index in [1.165, 1.54) is 6.33 Å². The molecule has 0 aliphatic carbocycles. The van der Waals surface area contributed by atoms with Gasteiger partial charge in [0.1, 0.15) is 29.5 Å². The number of aliphatic hydroxyl groups is 1. The van der Waals surface area contributed by atoms with Gasteiger partial charge in [-0.25, -0.2) is 9.97 Å². The molecular weight excluding hydrogens is 308 g/mol. The van der Waals surface area contributed by atoms with Crippen molar-refractivity contribution in [2.24, 2.45) is 0 Å². The van der Waals surface area contributed by atoms with Crippen molar-refractivity contribution in [3.8, 4) is 0 Å². The van der Waals surface area contributed by atoms with Crippen LogP contribution in [0.5, 0.6) is 0 Å². The van der Waals surface area contributed by atoms with Gasteiger partial charge in [-0.1, -0.05) is 12.2 Å². The summed E-state index contributed by atoms with van der Waals surface area (Å²) in [6.07, 6.45) is 1.59. The SMILES string of the molecule is CC1(C)O[C@@H]2[C@H](O1)[C@H](n1cnc3c(=S)nc[nH]c31)O[C@@H]2CO. The minimum Gasteiger partial charge on any atom is -0.394 e. The summed E-state index contributed by atoms with van der Waals surface area (Å²) in [5.41, 5.74) is 1.30. The third-order valence-corrected chi connectivity index (χ3v) is 4.26. The van der Waals surface area contributed by atoms with Crippen molar-refractivity contribution in [3.63, 3.8) is 0 Å². The molecule has 0 unspecified atom stereocenters. The predicted octanol–water partition coefficient (Wildman–Crippen LogP) is 0.899. The molecule has 4 heterocycles. The Hall–Kier alpha value is -1.39. The molecule has 0 aromatic carbocycles.